The van der Waals surface area contributed by atoms with Crippen LogP contribution in [-0.4, -0.2) is 14.6 Å². The van der Waals surface area contributed by atoms with E-state index in [1.165, 1.54) is 24.8 Å². The van der Waals surface area contributed by atoms with Gasteiger partial charge in [-0.05, 0) is 79.7 Å². The summed E-state index contributed by atoms with van der Waals surface area (Å²) in [4.78, 5) is 18.2. The molecule has 3 atom stereocenters. The van der Waals surface area contributed by atoms with E-state index in [-0.39, 0.29) is 16.9 Å². The van der Waals surface area contributed by atoms with Crippen molar-refractivity contribution in [2.24, 2.45) is 17.8 Å². The number of halogens is 2. The van der Waals surface area contributed by atoms with Gasteiger partial charge in [0.05, 0.1) is 17.3 Å². The quantitative estimate of drug-likeness (QED) is 0.329. The normalized spacial score (nSPS) is 28.5. The van der Waals surface area contributed by atoms with Crippen LogP contribution >= 0.6 is 23.2 Å². The second-order valence-corrected chi connectivity index (χ2v) is 11.8. The lowest BCUT2D eigenvalue weighted by atomic mass is 9.42. The largest absolute Gasteiger partial charge is 0.297 e. The molecule has 0 saturated heterocycles. The van der Waals surface area contributed by atoms with Gasteiger partial charge in [0.15, 0.2) is 5.65 Å². The highest BCUT2D eigenvalue weighted by Gasteiger charge is 2.59. The number of fused-ring (bicyclic) bond motifs is 1. The molecule has 180 valence electrons. The molecule has 0 aliphatic heterocycles. The summed E-state index contributed by atoms with van der Waals surface area (Å²) in [6.45, 7) is 0. The highest BCUT2D eigenvalue weighted by Crippen LogP contribution is 2.67. The second kappa shape index (κ2) is 7.96. The molecule has 2 heterocycles. The first kappa shape index (κ1) is 22.2. The molecule has 7 heteroatoms. The van der Waals surface area contributed by atoms with Gasteiger partial charge < -0.3 is 0 Å². The molecule has 8 rings (SSSR count). The van der Waals surface area contributed by atoms with Gasteiger partial charge in [0.25, 0.3) is 5.56 Å². The minimum absolute atomic E-state index is 0.0960. The van der Waals surface area contributed by atoms with E-state index in [1.807, 2.05) is 30.5 Å². The Morgan fingerprint density at radius 1 is 1.03 bits per heavy atom. The number of nitrogens with zero attached hydrogens (tertiary/aromatic N) is 3. The standard InChI is InChI=1S/C29H24Cl2N4O/c30-21-5-6-23(24(31)10-21)29-12-17-7-18(13-29)9-20(8-17)27(29)22-15-33-35-26(36)11-25(34-28(22)35)19-3-1-16(14-32)2-4-19/h1-6,10-11,15,17-18,20,27,33H,7-9,12-13H2. The Balaban J connectivity index is 1.42. The molecule has 4 saturated carbocycles. The molecule has 2 aromatic heterocycles. The third-order valence-corrected chi connectivity index (χ3v) is 9.50. The number of aromatic amines is 1. The molecule has 4 aliphatic rings. The van der Waals surface area contributed by atoms with Crippen molar-refractivity contribution in [1.82, 2.24) is 14.6 Å². The van der Waals surface area contributed by atoms with Crippen molar-refractivity contribution in [1.29, 1.82) is 5.26 Å². The van der Waals surface area contributed by atoms with E-state index in [9.17, 15) is 4.79 Å². The Morgan fingerprint density at radius 3 is 2.47 bits per heavy atom. The zero-order chi connectivity index (χ0) is 24.6. The summed E-state index contributed by atoms with van der Waals surface area (Å²) in [5, 5.41) is 13.7. The fourth-order valence-electron chi connectivity index (χ4n) is 7.96. The number of H-pyrrole nitrogens is 1. The van der Waals surface area contributed by atoms with Crippen LogP contribution in [0.25, 0.3) is 16.9 Å². The zero-order valence-corrected chi connectivity index (χ0v) is 21.1. The number of nitriles is 1. The molecule has 1 N–H and O–H groups in total. The number of nitrogens with one attached hydrogen (secondary N) is 1. The fourth-order valence-corrected chi connectivity index (χ4v) is 8.56. The highest BCUT2D eigenvalue weighted by molar-refractivity contribution is 6.35. The van der Waals surface area contributed by atoms with Crippen molar-refractivity contribution in [2.45, 2.75) is 43.4 Å². The molecule has 5 nitrogen and oxygen atoms in total. The van der Waals surface area contributed by atoms with Gasteiger partial charge in [-0.1, -0.05) is 41.4 Å². The number of benzene rings is 2. The molecule has 0 radical (unpaired) electrons. The minimum atomic E-state index is -0.145. The summed E-state index contributed by atoms with van der Waals surface area (Å²) in [5.41, 5.74) is 4.74. The monoisotopic (exact) mass is 514 g/mol. The van der Waals surface area contributed by atoms with Crippen LogP contribution in [0.3, 0.4) is 0 Å². The second-order valence-electron chi connectivity index (χ2n) is 10.9. The molecule has 4 fully saturated rings. The summed E-state index contributed by atoms with van der Waals surface area (Å²) in [5.74, 6) is 2.16. The maximum absolute atomic E-state index is 13.1. The molecule has 4 bridgehead atoms. The molecule has 4 aromatic rings. The lowest BCUT2D eigenvalue weighted by Crippen LogP contribution is -2.54. The summed E-state index contributed by atoms with van der Waals surface area (Å²) in [7, 11) is 0. The Kier molecular flexibility index (Phi) is 4.90. The van der Waals surface area contributed by atoms with Crippen LogP contribution < -0.4 is 5.56 Å². The molecule has 36 heavy (non-hydrogen) atoms. The van der Waals surface area contributed by atoms with Crippen molar-refractivity contribution in [3.05, 3.63) is 91.8 Å². The van der Waals surface area contributed by atoms with E-state index < -0.39 is 0 Å². The highest BCUT2D eigenvalue weighted by atomic mass is 35.5. The van der Waals surface area contributed by atoms with Crippen LogP contribution in [0, 0.1) is 29.1 Å². The van der Waals surface area contributed by atoms with E-state index in [0.29, 0.717) is 39.7 Å². The van der Waals surface area contributed by atoms with Gasteiger partial charge >= 0.3 is 0 Å². The topological polar surface area (TPSA) is 73.9 Å². The minimum Gasteiger partial charge on any atom is -0.297 e. The van der Waals surface area contributed by atoms with Crippen LogP contribution in [0.5, 0.6) is 0 Å². The first-order valence-corrected chi connectivity index (χ1v) is 13.3. The summed E-state index contributed by atoms with van der Waals surface area (Å²) < 4.78 is 1.56. The van der Waals surface area contributed by atoms with Crippen LogP contribution in [0.2, 0.25) is 10.0 Å². The Hall–Kier alpha value is -3.07. The van der Waals surface area contributed by atoms with Crippen molar-refractivity contribution in [3.63, 3.8) is 0 Å². The smallest absolute Gasteiger partial charge is 0.273 e. The third kappa shape index (κ3) is 3.21. The fraction of sp³-hybridized carbons (Fsp3) is 0.345. The average Bonchev–Trinajstić information content (AvgIpc) is 3.27. The van der Waals surface area contributed by atoms with Crippen LogP contribution in [0.1, 0.15) is 54.7 Å². The van der Waals surface area contributed by atoms with Crippen LogP contribution in [-0.2, 0) is 5.41 Å². The van der Waals surface area contributed by atoms with Crippen molar-refractivity contribution < 1.29 is 0 Å². The SMILES string of the molecule is N#Cc1ccc(-c2cc(=O)n3[nH]cc(C4C5CC6CC(C5)CC4(c4ccc(Cl)cc4Cl)C6)c3n2)cc1. The van der Waals surface area contributed by atoms with Gasteiger partial charge in [0, 0.05) is 44.8 Å². The van der Waals surface area contributed by atoms with Crippen molar-refractivity contribution >= 4 is 28.8 Å². The lowest BCUT2D eigenvalue weighted by molar-refractivity contribution is -0.0276. The van der Waals surface area contributed by atoms with Crippen LogP contribution in [0.15, 0.2) is 59.5 Å². The first-order chi connectivity index (χ1) is 17.4. The summed E-state index contributed by atoms with van der Waals surface area (Å²) in [6.07, 6.45) is 7.93. The number of rotatable bonds is 3. The zero-order valence-electron chi connectivity index (χ0n) is 19.5. The van der Waals surface area contributed by atoms with Gasteiger partial charge in [-0.2, -0.15) is 5.26 Å². The van der Waals surface area contributed by atoms with E-state index in [2.05, 4.69) is 17.2 Å². The third-order valence-electron chi connectivity index (χ3n) is 8.95. The predicted molar refractivity (Wildman–Crippen MR) is 140 cm³/mol. The van der Waals surface area contributed by atoms with Gasteiger partial charge in [-0.25, -0.2) is 9.50 Å². The van der Waals surface area contributed by atoms with Crippen molar-refractivity contribution in [2.75, 3.05) is 0 Å². The summed E-state index contributed by atoms with van der Waals surface area (Å²) >= 11 is 13.2. The molecule has 2 aromatic carbocycles. The molecule has 0 amide bonds. The van der Waals surface area contributed by atoms with E-state index in [0.717, 1.165) is 29.0 Å². The van der Waals surface area contributed by atoms with E-state index >= 15 is 0 Å². The Morgan fingerprint density at radius 2 is 1.78 bits per heavy atom. The van der Waals surface area contributed by atoms with Gasteiger partial charge in [0.2, 0.25) is 0 Å². The predicted octanol–water partition coefficient (Wildman–Crippen LogP) is 6.73. The van der Waals surface area contributed by atoms with Crippen molar-refractivity contribution in [3.8, 4) is 17.3 Å². The first-order valence-electron chi connectivity index (χ1n) is 12.5. The van der Waals surface area contributed by atoms with E-state index in [1.54, 1.807) is 22.7 Å². The number of hydrogen-bond acceptors (Lipinski definition) is 3. The average molecular weight is 515 g/mol. The van der Waals surface area contributed by atoms with E-state index in [4.69, 9.17) is 33.4 Å². The molecule has 4 aliphatic carbocycles. The Labute approximate surface area is 218 Å². The number of aromatic nitrogens is 3. The molecular formula is C29H24Cl2N4O. The molecule has 0 spiro atoms. The van der Waals surface area contributed by atoms with Gasteiger partial charge in [-0.15, -0.1) is 0 Å². The molecule has 3 unspecified atom stereocenters. The van der Waals surface area contributed by atoms with Crippen LogP contribution in [0.4, 0.5) is 0 Å². The maximum Gasteiger partial charge on any atom is 0.273 e. The number of hydrogen-bond donors (Lipinski definition) is 1. The Bertz CT molecular complexity index is 1600. The maximum atomic E-state index is 13.1. The summed E-state index contributed by atoms with van der Waals surface area (Å²) in [6, 6.07) is 16.9. The lowest BCUT2D eigenvalue weighted by Gasteiger charge is -2.61. The molecular weight excluding hydrogens is 491 g/mol. The van der Waals surface area contributed by atoms with Gasteiger partial charge in [0.1, 0.15) is 0 Å². The van der Waals surface area contributed by atoms with Gasteiger partial charge in [-0.3, -0.25) is 9.89 Å².